The lowest BCUT2D eigenvalue weighted by molar-refractivity contribution is 0.0587. The van der Waals surface area contributed by atoms with Crippen molar-refractivity contribution in [2.45, 2.75) is 20.3 Å². The van der Waals surface area contributed by atoms with Crippen LogP contribution < -0.4 is 5.32 Å². The smallest absolute Gasteiger partial charge is 0.376 e. The van der Waals surface area contributed by atoms with Gasteiger partial charge in [-0.1, -0.05) is 37.3 Å². The minimum absolute atomic E-state index is 0.0700. The molecule has 1 N–H and O–H groups in total. The predicted molar refractivity (Wildman–Crippen MR) is 82.3 cm³/mol. The number of rotatable bonds is 5. The van der Waals surface area contributed by atoms with Crippen molar-refractivity contribution < 1.29 is 9.53 Å². The fraction of sp³-hybridized carbons (Fsp3) is 0.312. The van der Waals surface area contributed by atoms with E-state index in [1.165, 1.54) is 7.11 Å². The highest BCUT2D eigenvalue weighted by molar-refractivity contribution is 5.87. The maximum Gasteiger partial charge on any atom is 0.376 e. The van der Waals surface area contributed by atoms with Crippen LogP contribution in [0.3, 0.4) is 0 Å². The molecule has 1 heterocycles. The van der Waals surface area contributed by atoms with E-state index in [9.17, 15) is 4.79 Å². The molecule has 0 spiro atoms. The molecule has 0 amide bonds. The summed E-state index contributed by atoms with van der Waals surface area (Å²) in [6, 6.07) is 9.74. The molecule has 0 fully saturated rings. The van der Waals surface area contributed by atoms with Crippen molar-refractivity contribution in [1.29, 1.82) is 0 Å². The minimum atomic E-state index is -0.535. The molecule has 0 bridgehead atoms. The summed E-state index contributed by atoms with van der Waals surface area (Å²) in [4.78, 5) is 20.4. The molecule has 0 saturated carbocycles. The predicted octanol–water partition coefficient (Wildman–Crippen LogP) is 3.06. The number of benzene rings is 1. The molecule has 110 valence electrons. The van der Waals surface area contributed by atoms with Gasteiger partial charge in [0.15, 0.2) is 0 Å². The SMILES string of the molecule is CCCNc1nc(C(=O)OC)nc(-c2ccccc2)c1C. The van der Waals surface area contributed by atoms with E-state index in [1.807, 2.05) is 37.3 Å². The number of hydrogen-bond donors (Lipinski definition) is 1. The first-order chi connectivity index (χ1) is 10.2. The van der Waals surface area contributed by atoms with Gasteiger partial charge in [0.1, 0.15) is 5.82 Å². The van der Waals surface area contributed by atoms with Crippen molar-refractivity contribution in [1.82, 2.24) is 9.97 Å². The molecule has 0 aliphatic rings. The first-order valence-corrected chi connectivity index (χ1v) is 6.93. The fourth-order valence-corrected chi connectivity index (χ4v) is 1.99. The van der Waals surface area contributed by atoms with E-state index >= 15 is 0 Å². The minimum Gasteiger partial charge on any atom is -0.463 e. The lowest BCUT2D eigenvalue weighted by Gasteiger charge is -2.13. The van der Waals surface area contributed by atoms with Gasteiger partial charge in [0.25, 0.3) is 0 Å². The van der Waals surface area contributed by atoms with Gasteiger partial charge < -0.3 is 10.1 Å². The third-order valence-corrected chi connectivity index (χ3v) is 3.10. The van der Waals surface area contributed by atoms with Crippen molar-refractivity contribution in [3.8, 4) is 11.3 Å². The van der Waals surface area contributed by atoms with E-state index in [2.05, 4.69) is 22.2 Å². The zero-order chi connectivity index (χ0) is 15.2. The Morgan fingerprint density at radius 2 is 1.95 bits per heavy atom. The summed E-state index contributed by atoms with van der Waals surface area (Å²) in [5, 5.41) is 3.23. The van der Waals surface area contributed by atoms with Crippen LogP contribution in [0, 0.1) is 6.92 Å². The third-order valence-electron chi connectivity index (χ3n) is 3.10. The van der Waals surface area contributed by atoms with Crippen molar-refractivity contribution >= 4 is 11.8 Å². The monoisotopic (exact) mass is 285 g/mol. The standard InChI is InChI=1S/C16H19N3O2/c1-4-10-17-14-11(2)13(12-8-6-5-7-9-12)18-15(19-14)16(20)21-3/h5-9H,4,10H2,1-3H3,(H,17,18,19). The summed E-state index contributed by atoms with van der Waals surface area (Å²) >= 11 is 0. The number of carbonyl (C=O) groups excluding carboxylic acids is 1. The summed E-state index contributed by atoms with van der Waals surface area (Å²) in [5.74, 6) is 0.207. The van der Waals surface area contributed by atoms with E-state index in [0.29, 0.717) is 5.82 Å². The second kappa shape index (κ2) is 6.83. The Hall–Kier alpha value is -2.43. The van der Waals surface area contributed by atoms with Crippen LogP contribution in [0.15, 0.2) is 30.3 Å². The van der Waals surface area contributed by atoms with E-state index in [1.54, 1.807) is 0 Å². The highest BCUT2D eigenvalue weighted by Crippen LogP contribution is 2.25. The molecule has 0 aliphatic heterocycles. The average molecular weight is 285 g/mol. The van der Waals surface area contributed by atoms with Crippen LogP contribution in [0.1, 0.15) is 29.5 Å². The Labute approximate surface area is 124 Å². The topological polar surface area (TPSA) is 64.1 Å². The second-order valence-corrected chi connectivity index (χ2v) is 4.65. The van der Waals surface area contributed by atoms with Gasteiger partial charge in [-0.2, -0.15) is 0 Å². The number of methoxy groups -OCH3 is 1. The molecule has 5 heteroatoms. The Morgan fingerprint density at radius 3 is 2.57 bits per heavy atom. The van der Waals surface area contributed by atoms with Gasteiger partial charge in [-0.05, 0) is 13.3 Å². The largest absolute Gasteiger partial charge is 0.463 e. The van der Waals surface area contributed by atoms with Crippen LogP contribution in [0.2, 0.25) is 0 Å². The van der Waals surface area contributed by atoms with Crippen LogP contribution >= 0.6 is 0 Å². The maximum atomic E-state index is 11.8. The Kier molecular flexibility index (Phi) is 4.87. The molecule has 21 heavy (non-hydrogen) atoms. The molecule has 2 aromatic rings. The van der Waals surface area contributed by atoms with Gasteiger partial charge in [0, 0.05) is 17.7 Å². The Balaban J connectivity index is 2.54. The summed E-state index contributed by atoms with van der Waals surface area (Å²) in [6.45, 7) is 4.80. The van der Waals surface area contributed by atoms with Crippen molar-refractivity contribution in [3.05, 3.63) is 41.7 Å². The second-order valence-electron chi connectivity index (χ2n) is 4.65. The number of aromatic nitrogens is 2. The van der Waals surface area contributed by atoms with Gasteiger partial charge in [-0.15, -0.1) is 0 Å². The van der Waals surface area contributed by atoms with Crippen LogP contribution in [-0.2, 0) is 4.74 Å². The number of nitrogens with one attached hydrogen (secondary N) is 1. The highest BCUT2D eigenvalue weighted by Gasteiger charge is 2.17. The molecule has 1 aromatic heterocycles. The molecule has 0 saturated heterocycles. The first kappa shape index (κ1) is 15.0. The average Bonchev–Trinajstić information content (AvgIpc) is 2.54. The molecule has 1 aromatic carbocycles. The molecular formula is C16H19N3O2. The number of carbonyl (C=O) groups is 1. The van der Waals surface area contributed by atoms with Gasteiger partial charge >= 0.3 is 5.97 Å². The summed E-state index contributed by atoms with van der Waals surface area (Å²) in [7, 11) is 1.33. The van der Waals surface area contributed by atoms with Crippen LogP contribution in [0.5, 0.6) is 0 Å². The van der Waals surface area contributed by atoms with E-state index in [-0.39, 0.29) is 5.82 Å². The summed E-state index contributed by atoms with van der Waals surface area (Å²) in [5.41, 5.74) is 2.61. The van der Waals surface area contributed by atoms with Crippen molar-refractivity contribution in [3.63, 3.8) is 0 Å². The molecule has 0 radical (unpaired) electrons. The quantitative estimate of drug-likeness (QED) is 0.855. The van der Waals surface area contributed by atoms with Crippen LogP contribution in [0.4, 0.5) is 5.82 Å². The zero-order valence-corrected chi connectivity index (χ0v) is 12.5. The van der Waals surface area contributed by atoms with Gasteiger partial charge in [-0.3, -0.25) is 0 Å². The normalized spacial score (nSPS) is 10.2. The van der Waals surface area contributed by atoms with Gasteiger partial charge in [0.05, 0.1) is 12.8 Å². The molecule has 2 rings (SSSR count). The van der Waals surface area contributed by atoms with E-state index in [4.69, 9.17) is 4.74 Å². The number of anilines is 1. The number of nitrogens with zero attached hydrogens (tertiary/aromatic N) is 2. The van der Waals surface area contributed by atoms with Crippen LogP contribution in [-0.4, -0.2) is 29.6 Å². The molecule has 0 atom stereocenters. The fourth-order valence-electron chi connectivity index (χ4n) is 1.99. The lowest BCUT2D eigenvalue weighted by atomic mass is 10.1. The molecule has 0 aliphatic carbocycles. The molecular weight excluding hydrogens is 266 g/mol. The Bertz CT molecular complexity index is 627. The third kappa shape index (κ3) is 3.37. The van der Waals surface area contributed by atoms with Crippen LogP contribution in [0.25, 0.3) is 11.3 Å². The number of ether oxygens (including phenoxy) is 1. The van der Waals surface area contributed by atoms with Crippen molar-refractivity contribution in [2.24, 2.45) is 0 Å². The highest BCUT2D eigenvalue weighted by atomic mass is 16.5. The first-order valence-electron chi connectivity index (χ1n) is 6.93. The van der Waals surface area contributed by atoms with Crippen molar-refractivity contribution in [2.75, 3.05) is 19.0 Å². The Morgan fingerprint density at radius 1 is 1.24 bits per heavy atom. The van der Waals surface area contributed by atoms with E-state index < -0.39 is 5.97 Å². The van der Waals surface area contributed by atoms with E-state index in [0.717, 1.165) is 29.8 Å². The maximum absolute atomic E-state index is 11.8. The van der Waals surface area contributed by atoms with Gasteiger partial charge in [0.2, 0.25) is 5.82 Å². The number of esters is 1. The van der Waals surface area contributed by atoms with Gasteiger partial charge in [-0.25, -0.2) is 14.8 Å². The summed E-state index contributed by atoms with van der Waals surface area (Å²) < 4.78 is 4.73. The molecule has 0 unspecified atom stereocenters. The lowest BCUT2D eigenvalue weighted by Crippen LogP contribution is -2.13. The molecule has 5 nitrogen and oxygen atoms in total. The number of hydrogen-bond acceptors (Lipinski definition) is 5. The zero-order valence-electron chi connectivity index (χ0n) is 12.5. The summed E-state index contributed by atoms with van der Waals surface area (Å²) in [6.07, 6.45) is 0.970.